The van der Waals surface area contributed by atoms with Crippen molar-refractivity contribution in [1.82, 2.24) is 20.3 Å². The first-order valence-corrected chi connectivity index (χ1v) is 7.53. The van der Waals surface area contributed by atoms with Crippen LogP contribution in [0.3, 0.4) is 0 Å². The van der Waals surface area contributed by atoms with Crippen molar-refractivity contribution < 1.29 is 5.11 Å². The van der Waals surface area contributed by atoms with Crippen LogP contribution >= 0.6 is 11.6 Å². The monoisotopic (exact) mass is 308 g/mol. The highest BCUT2D eigenvalue weighted by molar-refractivity contribution is 6.31. The SMILES string of the molecule is CC(Cc1ccccc1Cl)NCc1cn(CCCO)nn1. The Morgan fingerprint density at radius 3 is 2.95 bits per heavy atom. The van der Waals surface area contributed by atoms with Crippen LogP contribution < -0.4 is 5.32 Å². The van der Waals surface area contributed by atoms with Gasteiger partial charge in [-0.3, -0.25) is 4.68 Å². The van der Waals surface area contributed by atoms with E-state index in [1.807, 2.05) is 30.5 Å². The summed E-state index contributed by atoms with van der Waals surface area (Å²) in [6.45, 7) is 3.66. The molecule has 6 heteroatoms. The summed E-state index contributed by atoms with van der Waals surface area (Å²) in [5.74, 6) is 0. The second kappa shape index (κ2) is 8.12. The number of rotatable bonds is 8. The van der Waals surface area contributed by atoms with Gasteiger partial charge >= 0.3 is 0 Å². The molecule has 1 unspecified atom stereocenters. The molecule has 0 radical (unpaired) electrons. The summed E-state index contributed by atoms with van der Waals surface area (Å²) in [5.41, 5.74) is 2.05. The van der Waals surface area contributed by atoms with Crippen molar-refractivity contribution in [2.24, 2.45) is 0 Å². The minimum Gasteiger partial charge on any atom is -0.396 e. The molecule has 1 heterocycles. The van der Waals surface area contributed by atoms with Crippen LogP contribution in [0.5, 0.6) is 0 Å². The number of aromatic nitrogens is 3. The number of hydrogen-bond donors (Lipinski definition) is 2. The Labute approximate surface area is 129 Å². The molecule has 1 aromatic heterocycles. The number of aryl methyl sites for hydroxylation is 1. The highest BCUT2D eigenvalue weighted by Gasteiger charge is 2.07. The minimum atomic E-state index is 0.169. The van der Waals surface area contributed by atoms with Crippen LogP contribution in [0.2, 0.25) is 5.02 Å². The minimum absolute atomic E-state index is 0.169. The zero-order valence-electron chi connectivity index (χ0n) is 12.2. The normalized spacial score (nSPS) is 12.5. The summed E-state index contributed by atoms with van der Waals surface area (Å²) in [5, 5.41) is 21.1. The van der Waals surface area contributed by atoms with E-state index >= 15 is 0 Å². The average molecular weight is 309 g/mol. The van der Waals surface area contributed by atoms with Gasteiger partial charge in [0.2, 0.25) is 0 Å². The van der Waals surface area contributed by atoms with E-state index in [-0.39, 0.29) is 6.61 Å². The molecule has 0 saturated carbocycles. The Bertz CT molecular complexity index is 558. The highest BCUT2D eigenvalue weighted by Crippen LogP contribution is 2.16. The average Bonchev–Trinajstić information content (AvgIpc) is 2.93. The predicted octanol–water partition coefficient (Wildman–Crippen LogP) is 2.03. The van der Waals surface area contributed by atoms with Gasteiger partial charge in [-0.15, -0.1) is 5.10 Å². The van der Waals surface area contributed by atoms with Gasteiger partial charge in [0.15, 0.2) is 0 Å². The molecule has 0 aliphatic carbocycles. The summed E-state index contributed by atoms with van der Waals surface area (Å²) in [6.07, 6.45) is 3.47. The number of aliphatic hydroxyl groups excluding tert-OH is 1. The molecule has 1 atom stereocenters. The second-order valence-corrected chi connectivity index (χ2v) is 5.53. The number of nitrogens with zero attached hydrogens (tertiary/aromatic N) is 3. The number of nitrogens with one attached hydrogen (secondary N) is 1. The molecular weight excluding hydrogens is 288 g/mol. The van der Waals surface area contributed by atoms with E-state index in [0.717, 1.165) is 22.7 Å². The Kier molecular flexibility index (Phi) is 6.17. The molecule has 114 valence electrons. The number of benzene rings is 1. The topological polar surface area (TPSA) is 63.0 Å². The van der Waals surface area contributed by atoms with Gasteiger partial charge in [-0.05, 0) is 31.4 Å². The third-order valence-corrected chi connectivity index (χ3v) is 3.62. The second-order valence-electron chi connectivity index (χ2n) is 5.13. The lowest BCUT2D eigenvalue weighted by atomic mass is 10.1. The molecule has 0 saturated heterocycles. The Morgan fingerprint density at radius 2 is 2.19 bits per heavy atom. The van der Waals surface area contributed by atoms with Crippen LogP contribution in [0.25, 0.3) is 0 Å². The van der Waals surface area contributed by atoms with Gasteiger partial charge in [-0.1, -0.05) is 35.0 Å². The van der Waals surface area contributed by atoms with Crippen molar-refractivity contribution in [1.29, 1.82) is 0 Å². The first-order chi connectivity index (χ1) is 10.2. The lowest BCUT2D eigenvalue weighted by Crippen LogP contribution is -2.27. The van der Waals surface area contributed by atoms with Crippen molar-refractivity contribution in [2.45, 2.75) is 38.9 Å². The summed E-state index contributed by atoms with van der Waals surface area (Å²) in [4.78, 5) is 0. The molecule has 2 rings (SSSR count). The summed E-state index contributed by atoms with van der Waals surface area (Å²) in [7, 11) is 0. The molecule has 0 fully saturated rings. The van der Waals surface area contributed by atoms with Gasteiger partial charge in [-0.2, -0.15) is 0 Å². The van der Waals surface area contributed by atoms with Crippen molar-refractivity contribution in [3.8, 4) is 0 Å². The lowest BCUT2D eigenvalue weighted by molar-refractivity contribution is 0.276. The van der Waals surface area contributed by atoms with E-state index in [0.29, 0.717) is 25.6 Å². The van der Waals surface area contributed by atoms with Gasteiger partial charge in [0.25, 0.3) is 0 Å². The fraction of sp³-hybridized carbons (Fsp3) is 0.467. The van der Waals surface area contributed by atoms with Crippen molar-refractivity contribution >= 4 is 11.6 Å². The molecule has 0 aliphatic heterocycles. The van der Waals surface area contributed by atoms with E-state index in [9.17, 15) is 0 Å². The van der Waals surface area contributed by atoms with Crippen LogP contribution in [0, 0.1) is 0 Å². The molecule has 0 aliphatic rings. The molecule has 2 N–H and O–H groups in total. The third-order valence-electron chi connectivity index (χ3n) is 3.25. The van der Waals surface area contributed by atoms with E-state index in [1.165, 1.54) is 0 Å². The first kappa shape index (κ1) is 15.9. The number of hydrogen-bond acceptors (Lipinski definition) is 4. The summed E-state index contributed by atoms with van der Waals surface area (Å²) >= 11 is 6.16. The molecule has 0 bridgehead atoms. The highest BCUT2D eigenvalue weighted by atomic mass is 35.5. The van der Waals surface area contributed by atoms with Gasteiger partial charge in [0.05, 0.1) is 5.69 Å². The van der Waals surface area contributed by atoms with E-state index in [4.69, 9.17) is 16.7 Å². The largest absolute Gasteiger partial charge is 0.396 e. The van der Waals surface area contributed by atoms with Gasteiger partial charge in [0, 0.05) is 37.0 Å². The molecule has 0 amide bonds. The van der Waals surface area contributed by atoms with Crippen LogP contribution in [-0.4, -0.2) is 32.7 Å². The van der Waals surface area contributed by atoms with Gasteiger partial charge in [0.1, 0.15) is 0 Å². The van der Waals surface area contributed by atoms with Gasteiger partial charge in [-0.25, -0.2) is 0 Å². The smallest absolute Gasteiger partial charge is 0.0964 e. The Morgan fingerprint density at radius 1 is 1.38 bits per heavy atom. The van der Waals surface area contributed by atoms with Crippen LogP contribution in [0.4, 0.5) is 0 Å². The van der Waals surface area contributed by atoms with E-state index in [2.05, 4.69) is 22.6 Å². The molecule has 21 heavy (non-hydrogen) atoms. The van der Waals surface area contributed by atoms with Crippen LogP contribution in [0.1, 0.15) is 24.6 Å². The predicted molar refractivity (Wildman–Crippen MR) is 83.2 cm³/mol. The van der Waals surface area contributed by atoms with E-state index < -0.39 is 0 Å². The lowest BCUT2D eigenvalue weighted by Gasteiger charge is -2.13. The van der Waals surface area contributed by atoms with Crippen molar-refractivity contribution in [3.63, 3.8) is 0 Å². The Balaban J connectivity index is 1.79. The molecule has 2 aromatic rings. The standard InChI is InChI=1S/C15H21ClN4O/c1-12(9-13-5-2-3-6-15(13)16)17-10-14-11-20(19-18-14)7-4-8-21/h2-3,5-6,11-12,17,21H,4,7-10H2,1H3. The maximum Gasteiger partial charge on any atom is 0.0964 e. The molecule has 0 spiro atoms. The number of halogens is 1. The summed E-state index contributed by atoms with van der Waals surface area (Å²) < 4.78 is 1.76. The van der Waals surface area contributed by atoms with Crippen LogP contribution in [-0.2, 0) is 19.5 Å². The van der Waals surface area contributed by atoms with Crippen LogP contribution in [0.15, 0.2) is 30.5 Å². The molecule has 5 nitrogen and oxygen atoms in total. The third kappa shape index (κ3) is 5.12. The Hall–Kier alpha value is -1.43. The zero-order chi connectivity index (χ0) is 15.1. The summed E-state index contributed by atoms with van der Waals surface area (Å²) in [6, 6.07) is 8.20. The fourth-order valence-electron chi connectivity index (χ4n) is 2.11. The maximum absolute atomic E-state index is 8.79. The van der Waals surface area contributed by atoms with Crippen molar-refractivity contribution in [3.05, 3.63) is 46.7 Å². The maximum atomic E-state index is 8.79. The number of aliphatic hydroxyl groups is 1. The van der Waals surface area contributed by atoms with Crippen molar-refractivity contribution in [2.75, 3.05) is 6.61 Å². The fourth-order valence-corrected chi connectivity index (χ4v) is 2.32. The molecular formula is C15H21ClN4O. The zero-order valence-corrected chi connectivity index (χ0v) is 12.9. The molecule has 1 aromatic carbocycles. The van der Waals surface area contributed by atoms with E-state index in [1.54, 1.807) is 4.68 Å². The van der Waals surface area contributed by atoms with Gasteiger partial charge < -0.3 is 10.4 Å². The first-order valence-electron chi connectivity index (χ1n) is 7.15. The quantitative estimate of drug-likeness (QED) is 0.783.